The van der Waals surface area contributed by atoms with Crippen molar-refractivity contribution in [2.75, 3.05) is 32.8 Å². The van der Waals surface area contributed by atoms with Crippen molar-refractivity contribution < 1.29 is 20.1 Å². The molecule has 0 aliphatic carbocycles. The van der Waals surface area contributed by atoms with Gasteiger partial charge in [-0.05, 0) is 18.4 Å². The van der Waals surface area contributed by atoms with Crippen LogP contribution in [0.2, 0.25) is 0 Å². The Morgan fingerprint density at radius 2 is 2.50 bits per heavy atom. The van der Waals surface area contributed by atoms with Gasteiger partial charge in [0, 0.05) is 17.7 Å². The first kappa shape index (κ1) is 15.9. The molecule has 4 nitrogen and oxygen atoms in total. The third-order valence-electron chi connectivity index (χ3n) is 4.11. The van der Waals surface area contributed by atoms with E-state index in [1.54, 1.807) is 16.2 Å². The zero-order valence-corrected chi connectivity index (χ0v) is 13.2. The van der Waals surface area contributed by atoms with Crippen LogP contribution in [0, 0.1) is 0 Å². The van der Waals surface area contributed by atoms with Crippen LogP contribution >= 0.6 is 11.3 Å². The summed E-state index contributed by atoms with van der Waals surface area (Å²) >= 11 is 1.69. The Balaban J connectivity index is 1.52. The number of quaternary nitrogens is 2. The predicted octanol–water partition coefficient (Wildman–Crippen LogP) is -0.744. The zero-order chi connectivity index (χ0) is 14.2. The van der Waals surface area contributed by atoms with E-state index in [2.05, 4.69) is 18.3 Å². The van der Waals surface area contributed by atoms with Gasteiger partial charge in [0.25, 0.3) is 0 Å². The Morgan fingerprint density at radius 3 is 3.25 bits per heavy atom. The number of aliphatic hydroxyl groups is 1. The lowest BCUT2D eigenvalue weighted by Gasteiger charge is -2.19. The standard InChI is InChI=1S/C15H26N2O2S/c1-2-17-7-3-5-13(17)9-16-10-14(18)11-19-12-15-6-4-8-20-15/h4,6,8,13-14,16,18H,2-3,5,7,9-12H2,1H3/p+2/t13-,14-/m0/s1. The Bertz CT molecular complexity index is 359. The van der Waals surface area contributed by atoms with Gasteiger partial charge in [0.05, 0.1) is 26.3 Å². The number of thiophene rings is 1. The van der Waals surface area contributed by atoms with Gasteiger partial charge < -0.3 is 20.1 Å². The van der Waals surface area contributed by atoms with Crippen LogP contribution in [0.1, 0.15) is 24.6 Å². The molecule has 20 heavy (non-hydrogen) atoms. The first-order chi connectivity index (χ1) is 9.79. The Morgan fingerprint density at radius 1 is 1.60 bits per heavy atom. The maximum absolute atomic E-state index is 9.92. The molecule has 1 aromatic rings. The van der Waals surface area contributed by atoms with Crippen molar-refractivity contribution in [3.63, 3.8) is 0 Å². The lowest BCUT2D eigenvalue weighted by molar-refractivity contribution is -0.924. The minimum Gasteiger partial charge on any atom is -0.385 e. The van der Waals surface area contributed by atoms with Gasteiger partial charge in [0.15, 0.2) is 0 Å². The Hall–Kier alpha value is -0.460. The number of hydrogen-bond acceptors (Lipinski definition) is 3. The largest absolute Gasteiger partial charge is 0.385 e. The third kappa shape index (κ3) is 5.14. The van der Waals surface area contributed by atoms with Crippen molar-refractivity contribution in [2.45, 2.75) is 38.5 Å². The zero-order valence-electron chi connectivity index (χ0n) is 12.4. The van der Waals surface area contributed by atoms with E-state index in [1.165, 1.54) is 30.8 Å². The van der Waals surface area contributed by atoms with Crippen LogP contribution in [0.4, 0.5) is 0 Å². The summed E-state index contributed by atoms with van der Waals surface area (Å²) in [5.41, 5.74) is 0. The molecule has 0 radical (unpaired) electrons. The van der Waals surface area contributed by atoms with Crippen molar-refractivity contribution in [3.05, 3.63) is 22.4 Å². The molecule has 114 valence electrons. The van der Waals surface area contributed by atoms with Gasteiger partial charge in [-0.1, -0.05) is 6.07 Å². The molecule has 0 aromatic carbocycles. The number of likely N-dealkylation sites (tertiary alicyclic amines) is 1. The molecule has 1 aromatic heterocycles. The van der Waals surface area contributed by atoms with Gasteiger partial charge >= 0.3 is 0 Å². The fourth-order valence-electron chi connectivity index (χ4n) is 2.98. The van der Waals surface area contributed by atoms with E-state index >= 15 is 0 Å². The number of nitrogens with one attached hydrogen (secondary N) is 1. The van der Waals surface area contributed by atoms with Crippen LogP contribution in [0.5, 0.6) is 0 Å². The second kappa shape index (κ2) is 8.74. The van der Waals surface area contributed by atoms with E-state index in [-0.39, 0.29) is 6.10 Å². The highest BCUT2D eigenvalue weighted by Crippen LogP contribution is 2.09. The fourth-order valence-corrected chi connectivity index (χ4v) is 3.62. The molecule has 0 bridgehead atoms. The summed E-state index contributed by atoms with van der Waals surface area (Å²) in [6, 6.07) is 4.86. The van der Waals surface area contributed by atoms with Gasteiger partial charge in [0.2, 0.25) is 0 Å². The SMILES string of the molecule is CC[NH+]1CCC[C@H]1C[NH2+]C[C@H](O)COCc1cccs1. The average Bonchev–Trinajstić information content (AvgIpc) is 3.09. The smallest absolute Gasteiger partial charge is 0.137 e. The molecule has 2 rings (SSSR count). The van der Waals surface area contributed by atoms with Gasteiger partial charge in [0.1, 0.15) is 25.2 Å². The number of ether oxygens (including phenoxy) is 1. The molecule has 0 spiro atoms. The minimum atomic E-state index is -0.360. The lowest BCUT2D eigenvalue weighted by atomic mass is 10.2. The molecule has 4 N–H and O–H groups in total. The molecule has 1 saturated heterocycles. The summed E-state index contributed by atoms with van der Waals surface area (Å²) in [4.78, 5) is 2.94. The summed E-state index contributed by atoms with van der Waals surface area (Å²) in [5, 5.41) is 14.2. The van der Waals surface area contributed by atoms with Gasteiger partial charge in [-0.25, -0.2) is 0 Å². The lowest BCUT2D eigenvalue weighted by Crippen LogP contribution is -3.16. The minimum absolute atomic E-state index is 0.360. The van der Waals surface area contributed by atoms with Crippen molar-refractivity contribution in [2.24, 2.45) is 0 Å². The Kier molecular flexibility index (Phi) is 6.96. The summed E-state index contributed by atoms with van der Waals surface area (Å²) in [6.45, 7) is 7.74. The van der Waals surface area contributed by atoms with E-state index in [0.717, 1.165) is 19.1 Å². The molecule has 0 saturated carbocycles. The third-order valence-corrected chi connectivity index (χ3v) is 4.96. The maximum Gasteiger partial charge on any atom is 0.137 e. The number of nitrogens with two attached hydrogens (primary N) is 1. The van der Waals surface area contributed by atoms with Crippen molar-refractivity contribution in [1.29, 1.82) is 0 Å². The molecule has 1 aliphatic heterocycles. The molecule has 3 atom stereocenters. The van der Waals surface area contributed by atoms with Crippen molar-refractivity contribution in [3.8, 4) is 0 Å². The fraction of sp³-hybridized carbons (Fsp3) is 0.733. The quantitative estimate of drug-likeness (QED) is 0.562. The van der Waals surface area contributed by atoms with E-state index in [0.29, 0.717) is 13.2 Å². The van der Waals surface area contributed by atoms with E-state index in [9.17, 15) is 5.11 Å². The van der Waals surface area contributed by atoms with E-state index < -0.39 is 0 Å². The highest BCUT2D eigenvalue weighted by molar-refractivity contribution is 7.09. The number of hydrogen-bond donors (Lipinski definition) is 3. The van der Waals surface area contributed by atoms with Crippen LogP contribution < -0.4 is 10.2 Å². The topological polar surface area (TPSA) is 50.5 Å². The molecular weight excluding hydrogens is 272 g/mol. The van der Waals surface area contributed by atoms with Crippen molar-refractivity contribution in [1.82, 2.24) is 0 Å². The highest BCUT2D eigenvalue weighted by atomic mass is 32.1. The average molecular weight is 300 g/mol. The van der Waals surface area contributed by atoms with Gasteiger partial charge in [-0.3, -0.25) is 0 Å². The van der Waals surface area contributed by atoms with Crippen molar-refractivity contribution >= 4 is 11.3 Å². The van der Waals surface area contributed by atoms with Crippen LogP contribution in [0.15, 0.2) is 17.5 Å². The Labute approximate surface area is 125 Å². The van der Waals surface area contributed by atoms with Crippen LogP contribution in [0.3, 0.4) is 0 Å². The van der Waals surface area contributed by atoms with Gasteiger partial charge in [-0.2, -0.15) is 0 Å². The first-order valence-corrected chi connectivity index (χ1v) is 8.62. The molecule has 2 heterocycles. The number of rotatable bonds is 9. The summed E-state index contributed by atoms with van der Waals surface area (Å²) in [7, 11) is 0. The molecule has 0 amide bonds. The second-order valence-electron chi connectivity index (χ2n) is 5.61. The summed E-state index contributed by atoms with van der Waals surface area (Å²) in [6.07, 6.45) is 2.33. The summed E-state index contributed by atoms with van der Waals surface area (Å²) < 4.78 is 5.54. The molecule has 1 aliphatic rings. The molecular formula is C15H28N2O2S+2. The van der Waals surface area contributed by atoms with E-state index in [1.807, 2.05) is 11.4 Å². The van der Waals surface area contributed by atoms with Crippen LogP contribution in [-0.2, 0) is 11.3 Å². The van der Waals surface area contributed by atoms with Gasteiger partial charge in [-0.15, -0.1) is 11.3 Å². The monoisotopic (exact) mass is 300 g/mol. The predicted molar refractivity (Wildman–Crippen MR) is 81.0 cm³/mol. The molecule has 1 unspecified atom stereocenters. The molecule has 5 heteroatoms. The number of aliphatic hydroxyl groups excluding tert-OH is 1. The maximum atomic E-state index is 9.92. The van der Waals surface area contributed by atoms with E-state index in [4.69, 9.17) is 4.74 Å². The van der Waals surface area contributed by atoms with Crippen LogP contribution in [-0.4, -0.2) is 50.0 Å². The summed E-state index contributed by atoms with van der Waals surface area (Å²) in [5.74, 6) is 0. The first-order valence-electron chi connectivity index (χ1n) is 7.74. The second-order valence-corrected chi connectivity index (χ2v) is 6.64. The normalized spacial score (nSPS) is 24.1. The number of likely N-dealkylation sites (N-methyl/N-ethyl adjacent to an activating group) is 1. The van der Waals surface area contributed by atoms with Crippen LogP contribution in [0.25, 0.3) is 0 Å². The highest BCUT2D eigenvalue weighted by Gasteiger charge is 2.28. The molecule has 1 fully saturated rings.